The molecule has 1 aromatic heterocycles. The van der Waals surface area contributed by atoms with Crippen LogP contribution in [-0.4, -0.2) is 10.9 Å². The van der Waals surface area contributed by atoms with Crippen LogP contribution >= 0.6 is 11.3 Å². The number of rotatable bonds is 5. The number of carbonyl (C=O) groups is 1. The van der Waals surface area contributed by atoms with Gasteiger partial charge in [0, 0.05) is 11.1 Å². The quantitative estimate of drug-likeness (QED) is 0.576. The number of hydrogen-bond donors (Lipinski definition) is 3. The highest BCUT2D eigenvalue weighted by atomic mass is 32.1. The van der Waals surface area contributed by atoms with Gasteiger partial charge in [-0.2, -0.15) is 0 Å². The Kier molecular flexibility index (Phi) is 4.48. The molecule has 0 atom stereocenters. The number of anilines is 1. The maximum absolute atomic E-state index is 12.0. The van der Waals surface area contributed by atoms with Crippen LogP contribution in [0.3, 0.4) is 0 Å². The van der Waals surface area contributed by atoms with Crippen LogP contribution in [0.1, 0.15) is 27.2 Å². The van der Waals surface area contributed by atoms with Gasteiger partial charge in [0.1, 0.15) is 5.01 Å². The molecule has 6 heteroatoms. The van der Waals surface area contributed by atoms with E-state index in [1.54, 1.807) is 29.5 Å². The molecule has 1 heterocycles. The smallest absolute Gasteiger partial charge is 0.253 e. The topological polar surface area (TPSA) is 80.0 Å². The third kappa shape index (κ3) is 3.30. The number of nitrogen functional groups attached to an aromatic ring is 1. The second kappa shape index (κ2) is 6.31. The summed E-state index contributed by atoms with van der Waals surface area (Å²) in [5, 5.41) is 3.75. The molecule has 100 valence electrons. The summed E-state index contributed by atoms with van der Waals surface area (Å²) in [6.07, 6.45) is 2.81. The van der Waals surface area contributed by atoms with Crippen LogP contribution in [0.4, 0.5) is 5.69 Å². The zero-order valence-electron chi connectivity index (χ0n) is 10.6. The van der Waals surface area contributed by atoms with E-state index in [1.165, 1.54) is 4.88 Å². The normalized spacial score (nSPS) is 10.2. The Morgan fingerprint density at radius 2 is 2.21 bits per heavy atom. The van der Waals surface area contributed by atoms with Crippen molar-refractivity contribution in [3.05, 3.63) is 45.9 Å². The summed E-state index contributed by atoms with van der Waals surface area (Å²) >= 11 is 1.61. The van der Waals surface area contributed by atoms with E-state index in [9.17, 15) is 4.79 Å². The first-order chi connectivity index (χ1) is 9.24. The van der Waals surface area contributed by atoms with Crippen LogP contribution in [0.15, 0.2) is 30.5 Å². The molecule has 5 nitrogen and oxygen atoms in total. The van der Waals surface area contributed by atoms with Crippen LogP contribution < -0.4 is 16.6 Å². The summed E-state index contributed by atoms with van der Waals surface area (Å²) in [6.45, 7) is 2.52. The third-order valence-electron chi connectivity index (χ3n) is 2.68. The monoisotopic (exact) mass is 276 g/mol. The van der Waals surface area contributed by atoms with Crippen LogP contribution in [0.5, 0.6) is 0 Å². The maximum Gasteiger partial charge on any atom is 0.253 e. The first-order valence-electron chi connectivity index (χ1n) is 6.02. The van der Waals surface area contributed by atoms with Crippen molar-refractivity contribution in [1.82, 2.24) is 10.3 Å². The Labute approximate surface area is 115 Å². The van der Waals surface area contributed by atoms with Crippen molar-refractivity contribution in [2.75, 3.05) is 5.43 Å². The van der Waals surface area contributed by atoms with Crippen molar-refractivity contribution in [2.45, 2.75) is 19.9 Å². The van der Waals surface area contributed by atoms with Gasteiger partial charge < -0.3 is 10.7 Å². The van der Waals surface area contributed by atoms with Crippen molar-refractivity contribution in [2.24, 2.45) is 5.84 Å². The van der Waals surface area contributed by atoms with Crippen molar-refractivity contribution in [3.63, 3.8) is 0 Å². The minimum absolute atomic E-state index is 0.165. The van der Waals surface area contributed by atoms with Gasteiger partial charge in [0.2, 0.25) is 0 Å². The van der Waals surface area contributed by atoms with Gasteiger partial charge in [0.15, 0.2) is 0 Å². The Morgan fingerprint density at radius 3 is 2.89 bits per heavy atom. The van der Waals surface area contributed by atoms with Crippen molar-refractivity contribution in [1.29, 1.82) is 0 Å². The third-order valence-corrected chi connectivity index (χ3v) is 3.82. The molecule has 0 saturated carbocycles. The summed E-state index contributed by atoms with van der Waals surface area (Å²) in [6, 6.07) is 7.10. The lowest BCUT2D eigenvalue weighted by atomic mass is 10.1. The number of thiazole rings is 1. The van der Waals surface area contributed by atoms with Crippen LogP contribution in [0.25, 0.3) is 0 Å². The minimum atomic E-state index is -0.165. The van der Waals surface area contributed by atoms with E-state index < -0.39 is 0 Å². The second-order valence-electron chi connectivity index (χ2n) is 3.95. The Hall–Kier alpha value is -1.92. The molecule has 1 aromatic carbocycles. The van der Waals surface area contributed by atoms with Gasteiger partial charge in [-0.3, -0.25) is 10.6 Å². The number of carbonyl (C=O) groups excluding carboxylic acids is 1. The highest BCUT2D eigenvalue weighted by Crippen LogP contribution is 2.15. The Balaban J connectivity index is 2.01. The van der Waals surface area contributed by atoms with E-state index in [4.69, 9.17) is 5.84 Å². The molecular weight excluding hydrogens is 260 g/mol. The fraction of sp³-hybridized carbons (Fsp3) is 0.231. The number of benzene rings is 1. The lowest BCUT2D eigenvalue weighted by Crippen LogP contribution is -2.24. The molecule has 2 aromatic rings. The highest BCUT2D eigenvalue weighted by Gasteiger charge is 2.10. The highest BCUT2D eigenvalue weighted by molar-refractivity contribution is 7.11. The molecule has 0 aliphatic carbocycles. The summed E-state index contributed by atoms with van der Waals surface area (Å²) in [7, 11) is 0. The Morgan fingerprint density at radius 1 is 1.42 bits per heavy atom. The Bertz CT molecular complexity index is 567. The molecule has 0 bridgehead atoms. The van der Waals surface area contributed by atoms with Gasteiger partial charge in [-0.05, 0) is 18.6 Å². The van der Waals surface area contributed by atoms with Gasteiger partial charge >= 0.3 is 0 Å². The lowest BCUT2D eigenvalue weighted by molar-refractivity contribution is 0.0951. The summed E-state index contributed by atoms with van der Waals surface area (Å²) in [4.78, 5) is 17.5. The van der Waals surface area contributed by atoms with Gasteiger partial charge in [-0.25, -0.2) is 4.98 Å². The number of para-hydroxylation sites is 1. The number of hydrazine groups is 1. The molecule has 0 radical (unpaired) electrons. The van der Waals surface area contributed by atoms with Crippen molar-refractivity contribution in [3.8, 4) is 0 Å². The zero-order valence-corrected chi connectivity index (χ0v) is 11.5. The number of hydrogen-bond acceptors (Lipinski definition) is 5. The molecule has 19 heavy (non-hydrogen) atoms. The molecule has 0 saturated heterocycles. The average Bonchev–Trinajstić information content (AvgIpc) is 2.92. The molecule has 0 unspecified atom stereocenters. The first-order valence-corrected chi connectivity index (χ1v) is 6.83. The summed E-state index contributed by atoms with van der Waals surface area (Å²) in [5.41, 5.74) is 3.64. The van der Waals surface area contributed by atoms with E-state index in [1.807, 2.05) is 12.3 Å². The molecule has 0 spiro atoms. The zero-order chi connectivity index (χ0) is 13.7. The molecule has 4 N–H and O–H groups in total. The van der Waals surface area contributed by atoms with Crippen molar-refractivity contribution >= 4 is 22.9 Å². The number of aryl methyl sites for hydroxylation is 1. The molecule has 2 rings (SSSR count). The molecule has 0 aliphatic rings. The number of aromatic nitrogens is 1. The van der Waals surface area contributed by atoms with E-state index in [0.717, 1.165) is 11.4 Å². The standard InChI is InChI=1S/C13H16N4OS/c1-2-9-7-15-12(19-9)8-16-13(18)10-5-3-4-6-11(10)17-14/h3-7,17H,2,8,14H2,1H3,(H,16,18). The SMILES string of the molecule is CCc1cnc(CNC(=O)c2ccccc2NN)s1. The first kappa shape index (κ1) is 13.5. The van der Waals surface area contributed by atoms with Crippen LogP contribution in [-0.2, 0) is 13.0 Å². The minimum Gasteiger partial charge on any atom is -0.345 e. The number of nitrogens with zero attached hydrogens (tertiary/aromatic N) is 1. The average molecular weight is 276 g/mol. The summed E-state index contributed by atoms with van der Waals surface area (Å²) in [5.74, 6) is 5.21. The van der Waals surface area contributed by atoms with E-state index in [2.05, 4.69) is 22.7 Å². The van der Waals surface area contributed by atoms with E-state index >= 15 is 0 Å². The fourth-order valence-electron chi connectivity index (χ4n) is 1.65. The van der Waals surface area contributed by atoms with Gasteiger partial charge in [-0.15, -0.1) is 11.3 Å². The van der Waals surface area contributed by atoms with Gasteiger partial charge in [0.25, 0.3) is 5.91 Å². The fourth-order valence-corrected chi connectivity index (χ4v) is 2.45. The van der Waals surface area contributed by atoms with Crippen LogP contribution in [0, 0.1) is 0 Å². The molecule has 1 amide bonds. The molecular formula is C13H16N4OS. The van der Waals surface area contributed by atoms with E-state index in [-0.39, 0.29) is 5.91 Å². The number of nitrogens with two attached hydrogens (primary N) is 1. The predicted octanol–water partition coefficient (Wildman–Crippen LogP) is 1.92. The maximum atomic E-state index is 12.0. The molecule has 0 fully saturated rings. The number of amides is 1. The van der Waals surface area contributed by atoms with E-state index in [0.29, 0.717) is 17.8 Å². The predicted molar refractivity (Wildman–Crippen MR) is 76.9 cm³/mol. The largest absolute Gasteiger partial charge is 0.345 e. The van der Waals surface area contributed by atoms with Gasteiger partial charge in [0.05, 0.1) is 17.8 Å². The summed E-state index contributed by atoms with van der Waals surface area (Å²) < 4.78 is 0. The molecule has 0 aliphatic heterocycles. The lowest BCUT2D eigenvalue weighted by Gasteiger charge is -2.08. The van der Waals surface area contributed by atoms with Crippen LogP contribution in [0.2, 0.25) is 0 Å². The van der Waals surface area contributed by atoms with Crippen molar-refractivity contribution < 1.29 is 4.79 Å². The van der Waals surface area contributed by atoms with Gasteiger partial charge in [-0.1, -0.05) is 19.1 Å². The second-order valence-corrected chi connectivity index (χ2v) is 5.15. The number of nitrogens with one attached hydrogen (secondary N) is 2.